The SMILES string of the molecule is CC(C)(C)[SiH2]OC(C)(C)C1CCC(O)CC1. The van der Waals surface area contributed by atoms with E-state index in [4.69, 9.17) is 4.43 Å². The molecule has 0 radical (unpaired) electrons. The van der Waals surface area contributed by atoms with Crippen LogP contribution in [0.2, 0.25) is 5.04 Å². The molecule has 1 saturated carbocycles. The Labute approximate surface area is 103 Å². The van der Waals surface area contributed by atoms with Gasteiger partial charge in [-0.3, -0.25) is 0 Å². The standard InChI is InChI=1S/C13H28O2Si/c1-12(2,3)16-15-13(4,5)10-6-8-11(14)9-7-10/h10-11,14H,6-9,16H2,1-5H3. The van der Waals surface area contributed by atoms with Crippen LogP contribution in [0.5, 0.6) is 0 Å². The van der Waals surface area contributed by atoms with Gasteiger partial charge in [0.1, 0.15) is 0 Å². The van der Waals surface area contributed by atoms with Gasteiger partial charge in [-0.25, -0.2) is 0 Å². The first-order valence-electron chi connectivity index (χ1n) is 6.53. The maximum atomic E-state index is 9.52. The first-order valence-corrected chi connectivity index (χ1v) is 7.81. The van der Waals surface area contributed by atoms with Crippen LogP contribution in [-0.4, -0.2) is 26.6 Å². The van der Waals surface area contributed by atoms with Gasteiger partial charge in [0.2, 0.25) is 0 Å². The molecule has 0 aromatic carbocycles. The smallest absolute Gasteiger partial charge is 0.167 e. The fourth-order valence-electron chi connectivity index (χ4n) is 2.29. The van der Waals surface area contributed by atoms with E-state index in [-0.39, 0.29) is 11.7 Å². The maximum absolute atomic E-state index is 9.52. The van der Waals surface area contributed by atoms with Crippen molar-refractivity contribution in [3.8, 4) is 0 Å². The van der Waals surface area contributed by atoms with Gasteiger partial charge in [-0.15, -0.1) is 0 Å². The summed E-state index contributed by atoms with van der Waals surface area (Å²) in [6.45, 7) is 11.3. The Hall–Kier alpha value is 0.137. The number of aliphatic hydroxyl groups is 1. The fraction of sp³-hybridized carbons (Fsp3) is 1.00. The lowest BCUT2D eigenvalue weighted by molar-refractivity contribution is -0.000241. The summed E-state index contributed by atoms with van der Waals surface area (Å²) in [5.41, 5.74) is 0.0135. The van der Waals surface area contributed by atoms with E-state index >= 15 is 0 Å². The summed E-state index contributed by atoms with van der Waals surface area (Å²) in [6, 6.07) is 0. The van der Waals surface area contributed by atoms with Crippen LogP contribution in [0.3, 0.4) is 0 Å². The Morgan fingerprint density at radius 3 is 1.94 bits per heavy atom. The normalized spacial score (nSPS) is 28.9. The summed E-state index contributed by atoms with van der Waals surface area (Å²) in [6.07, 6.45) is 4.08. The second-order valence-electron chi connectivity index (χ2n) is 6.96. The Morgan fingerprint density at radius 2 is 1.50 bits per heavy atom. The average Bonchev–Trinajstić information content (AvgIpc) is 2.15. The van der Waals surface area contributed by atoms with E-state index in [1.54, 1.807) is 0 Å². The van der Waals surface area contributed by atoms with Gasteiger partial charge in [0.05, 0.1) is 11.7 Å². The Morgan fingerprint density at radius 1 is 1.00 bits per heavy atom. The predicted octanol–water partition coefficient (Wildman–Crippen LogP) is 2.63. The topological polar surface area (TPSA) is 29.5 Å². The van der Waals surface area contributed by atoms with Crippen LogP contribution in [0.25, 0.3) is 0 Å². The molecule has 0 aliphatic heterocycles. The number of rotatable bonds is 3. The molecule has 0 amide bonds. The first kappa shape index (κ1) is 14.2. The van der Waals surface area contributed by atoms with Crippen molar-refractivity contribution >= 4 is 9.76 Å². The zero-order valence-electron chi connectivity index (χ0n) is 11.5. The summed E-state index contributed by atoms with van der Waals surface area (Å²) >= 11 is 0. The largest absolute Gasteiger partial charge is 0.418 e. The quantitative estimate of drug-likeness (QED) is 0.773. The lowest BCUT2D eigenvalue weighted by Gasteiger charge is -2.40. The minimum atomic E-state index is -0.475. The van der Waals surface area contributed by atoms with Crippen LogP contribution >= 0.6 is 0 Å². The highest BCUT2D eigenvalue weighted by Gasteiger charge is 2.34. The monoisotopic (exact) mass is 244 g/mol. The van der Waals surface area contributed by atoms with Crippen molar-refractivity contribution in [2.24, 2.45) is 5.92 Å². The van der Waals surface area contributed by atoms with E-state index in [2.05, 4.69) is 34.6 Å². The highest BCUT2D eigenvalue weighted by Crippen LogP contribution is 2.36. The molecule has 0 heterocycles. The van der Waals surface area contributed by atoms with Gasteiger partial charge in [0, 0.05) is 0 Å². The molecule has 0 spiro atoms. The minimum absolute atomic E-state index is 0.0135. The van der Waals surface area contributed by atoms with Crippen molar-refractivity contribution in [3.63, 3.8) is 0 Å². The van der Waals surface area contributed by atoms with Crippen LogP contribution in [0.4, 0.5) is 0 Å². The molecule has 0 atom stereocenters. The van der Waals surface area contributed by atoms with Crippen LogP contribution in [0.15, 0.2) is 0 Å². The van der Waals surface area contributed by atoms with Gasteiger partial charge in [0.25, 0.3) is 0 Å². The molecule has 2 nitrogen and oxygen atoms in total. The van der Waals surface area contributed by atoms with Crippen LogP contribution in [0.1, 0.15) is 60.3 Å². The summed E-state index contributed by atoms with van der Waals surface area (Å²) < 4.78 is 6.23. The van der Waals surface area contributed by atoms with E-state index in [0.29, 0.717) is 11.0 Å². The second-order valence-corrected chi connectivity index (χ2v) is 9.66. The molecule has 0 saturated heterocycles. The zero-order chi connectivity index (χ0) is 12.4. The highest BCUT2D eigenvalue weighted by atomic mass is 28.2. The van der Waals surface area contributed by atoms with Gasteiger partial charge < -0.3 is 9.53 Å². The third-order valence-electron chi connectivity index (χ3n) is 3.56. The second kappa shape index (κ2) is 5.19. The van der Waals surface area contributed by atoms with Gasteiger partial charge >= 0.3 is 0 Å². The van der Waals surface area contributed by atoms with Crippen LogP contribution < -0.4 is 0 Å². The Kier molecular flexibility index (Phi) is 4.61. The molecule has 1 rings (SSSR count). The van der Waals surface area contributed by atoms with E-state index in [1.807, 2.05) is 0 Å². The molecule has 0 bridgehead atoms. The molecular weight excluding hydrogens is 216 g/mol. The Balaban J connectivity index is 2.44. The van der Waals surface area contributed by atoms with Crippen molar-refractivity contribution in [1.82, 2.24) is 0 Å². The van der Waals surface area contributed by atoms with E-state index in [1.165, 1.54) is 0 Å². The van der Waals surface area contributed by atoms with Crippen LogP contribution in [-0.2, 0) is 4.43 Å². The molecule has 1 N–H and O–H groups in total. The van der Waals surface area contributed by atoms with Crippen molar-refractivity contribution in [2.75, 3.05) is 0 Å². The van der Waals surface area contributed by atoms with E-state index in [9.17, 15) is 5.11 Å². The molecule has 0 unspecified atom stereocenters. The van der Waals surface area contributed by atoms with Crippen molar-refractivity contribution in [1.29, 1.82) is 0 Å². The van der Waals surface area contributed by atoms with Crippen molar-refractivity contribution in [2.45, 2.75) is 77.0 Å². The summed E-state index contributed by atoms with van der Waals surface area (Å²) in [4.78, 5) is 0. The molecule has 0 aromatic rings. The molecule has 1 fully saturated rings. The highest BCUT2D eigenvalue weighted by molar-refractivity contribution is 6.31. The van der Waals surface area contributed by atoms with Crippen LogP contribution in [0, 0.1) is 5.92 Å². The first-order chi connectivity index (χ1) is 7.21. The zero-order valence-corrected chi connectivity index (χ0v) is 13.0. The number of hydrogen-bond acceptors (Lipinski definition) is 2. The maximum Gasteiger partial charge on any atom is 0.167 e. The van der Waals surface area contributed by atoms with Gasteiger partial charge in [-0.2, -0.15) is 0 Å². The van der Waals surface area contributed by atoms with Crippen molar-refractivity contribution in [3.05, 3.63) is 0 Å². The van der Waals surface area contributed by atoms with Gasteiger partial charge in [-0.1, -0.05) is 20.8 Å². The summed E-state index contributed by atoms with van der Waals surface area (Å²) in [5.74, 6) is 0.630. The lowest BCUT2D eigenvalue weighted by atomic mass is 9.78. The summed E-state index contributed by atoms with van der Waals surface area (Å²) in [5, 5.41) is 9.89. The lowest BCUT2D eigenvalue weighted by Crippen LogP contribution is -2.40. The number of hydrogen-bond donors (Lipinski definition) is 1. The third-order valence-corrected chi connectivity index (χ3v) is 5.31. The average molecular weight is 244 g/mol. The van der Waals surface area contributed by atoms with Gasteiger partial charge in [-0.05, 0) is 50.5 Å². The minimum Gasteiger partial charge on any atom is -0.418 e. The Bertz CT molecular complexity index is 212. The molecule has 16 heavy (non-hydrogen) atoms. The molecule has 1 aliphatic rings. The van der Waals surface area contributed by atoms with E-state index < -0.39 is 9.76 Å². The molecule has 1 aliphatic carbocycles. The van der Waals surface area contributed by atoms with Gasteiger partial charge in [0.15, 0.2) is 9.76 Å². The fourth-order valence-corrected chi connectivity index (χ4v) is 3.33. The molecule has 96 valence electrons. The van der Waals surface area contributed by atoms with E-state index in [0.717, 1.165) is 25.7 Å². The molecule has 0 aromatic heterocycles. The number of aliphatic hydroxyl groups excluding tert-OH is 1. The molecule has 3 heteroatoms. The molecular formula is C13H28O2Si. The van der Waals surface area contributed by atoms with Crippen molar-refractivity contribution < 1.29 is 9.53 Å². The predicted molar refractivity (Wildman–Crippen MR) is 71.4 cm³/mol. The summed E-state index contributed by atoms with van der Waals surface area (Å²) in [7, 11) is -0.475. The third kappa shape index (κ3) is 4.56.